The largest absolute Gasteiger partial charge is 0.483 e. The van der Waals surface area contributed by atoms with E-state index in [0.717, 1.165) is 25.9 Å². The van der Waals surface area contributed by atoms with Crippen LogP contribution < -0.4 is 20.7 Å². The Hall–Kier alpha value is -2.42. The lowest BCUT2D eigenvalue weighted by Crippen LogP contribution is -2.42. The van der Waals surface area contributed by atoms with E-state index in [0.29, 0.717) is 18.6 Å². The summed E-state index contributed by atoms with van der Waals surface area (Å²) in [7, 11) is 1.96. The molecular formula is C14H23N5O4. The van der Waals surface area contributed by atoms with Crippen LogP contribution in [-0.2, 0) is 4.79 Å². The normalized spacial score (nSPS) is 14.3. The maximum atomic E-state index is 11.3. The standard InChI is InChI=1S/C13H21N5O2.CH2O2/c1-3-20-12-10(11(14)19)8-16-13(17-12)18(2)9-4-6-15-7-5-9;2-1-3/h8-9,15H,3-7H2,1-2H3,(H2,14,19);1H,(H,2,3). The van der Waals surface area contributed by atoms with Gasteiger partial charge in [0, 0.05) is 19.3 Å². The molecular weight excluding hydrogens is 302 g/mol. The third-order valence-corrected chi connectivity index (χ3v) is 3.46. The Bertz CT molecular complexity index is 520. The van der Waals surface area contributed by atoms with Gasteiger partial charge in [-0.05, 0) is 32.9 Å². The number of anilines is 1. The van der Waals surface area contributed by atoms with Crippen molar-refractivity contribution in [1.29, 1.82) is 0 Å². The summed E-state index contributed by atoms with van der Waals surface area (Å²) >= 11 is 0. The van der Waals surface area contributed by atoms with Crippen molar-refractivity contribution in [3.05, 3.63) is 11.8 Å². The maximum Gasteiger partial charge on any atom is 0.290 e. The number of hydrogen-bond donors (Lipinski definition) is 3. The average molecular weight is 325 g/mol. The van der Waals surface area contributed by atoms with Gasteiger partial charge in [0.1, 0.15) is 5.56 Å². The predicted molar refractivity (Wildman–Crippen MR) is 84.7 cm³/mol. The molecule has 0 aliphatic carbocycles. The zero-order chi connectivity index (χ0) is 17.2. The second-order valence-corrected chi connectivity index (χ2v) is 4.88. The number of piperidine rings is 1. The molecule has 0 unspecified atom stereocenters. The average Bonchev–Trinajstić information content (AvgIpc) is 2.56. The summed E-state index contributed by atoms with van der Waals surface area (Å²) in [6, 6.07) is 0.394. The molecule has 23 heavy (non-hydrogen) atoms. The van der Waals surface area contributed by atoms with E-state index in [-0.39, 0.29) is 17.9 Å². The molecule has 4 N–H and O–H groups in total. The third-order valence-electron chi connectivity index (χ3n) is 3.46. The van der Waals surface area contributed by atoms with Crippen LogP contribution in [0.3, 0.4) is 0 Å². The first-order valence-electron chi connectivity index (χ1n) is 7.36. The van der Waals surface area contributed by atoms with Gasteiger partial charge in [0.15, 0.2) is 0 Å². The Morgan fingerprint density at radius 2 is 2.17 bits per heavy atom. The molecule has 2 rings (SSSR count). The number of hydrogen-bond acceptors (Lipinski definition) is 7. The van der Waals surface area contributed by atoms with Crippen LogP contribution in [0.5, 0.6) is 5.88 Å². The summed E-state index contributed by atoms with van der Waals surface area (Å²) in [6.07, 6.45) is 3.52. The first-order chi connectivity index (χ1) is 11.0. The fourth-order valence-corrected chi connectivity index (χ4v) is 2.30. The fraction of sp³-hybridized carbons (Fsp3) is 0.571. The lowest BCUT2D eigenvalue weighted by Gasteiger charge is -2.31. The molecule has 9 heteroatoms. The van der Waals surface area contributed by atoms with Crippen molar-refractivity contribution < 1.29 is 19.4 Å². The van der Waals surface area contributed by atoms with Crippen LogP contribution in [0.4, 0.5) is 5.95 Å². The number of ether oxygens (including phenoxy) is 1. The SMILES string of the molecule is CCOc1nc(N(C)C2CCNCC2)ncc1C(N)=O.O=CO. The van der Waals surface area contributed by atoms with Gasteiger partial charge in [-0.25, -0.2) is 4.98 Å². The molecule has 0 atom stereocenters. The highest BCUT2D eigenvalue weighted by molar-refractivity contribution is 5.94. The zero-order valence-corrected chi connectivity index (χ0v) is 13.4. The smallest absolute Gasteiger partial charge is 0.290 e. The van der Waals surface area contributed by atoms with E-state index in [4.69, 9.17) is 20.4 Å². The molecule has 1 fully saturated rings. The first kappa shape index (κ1) is 18.6. The Morgan fingerprint density at radius 3 is 2.70 bits per heavy atom. The van der Waals surface area contributed by atoms with Crippen molar-refractivity contribution in [3.8, 4) is 5.88 Å². The fourth-order valence-electron chi connectivity index (χ4n) is 2.30. The van der Waals surface area contributed by atoms with Crippen LogP contribution in [0.25, 0.3) is 0 Å². The van der Waals surface area contributed by atoms with Gasteiger partial charge in [-0.2, -0.15) is 4.98 Å². The number of carbonyl (C=O) groups excluding carboxylic acids is 1. The van der Waals surface area contributed by atoms with Gasteiger partial charge in [-0.1, -0.05) is 0 Å². The number of carboxylic acid groups (broad SMARTS) is 1. The molecule has 0 saturated carbocycles. The van der Waals surface area contributed by atoms with Crippen molar-refractivity contribution in [2.24, 2.45) is 5.73 Å². The van der Waals surface area contributed by atoms with E-state index in [1.54, 1.807) is 0 Å². The Kier molecular flexibility index (Phi) is 7.75. The summed E-state index contributed by atoms with van der Waals surface area (Å²) in [5.41, 5.74) is 5.51. The number of carbonyl (C=O) groups is 2. The van der Waals surface area contributed by atoms with Gasteiger partial charge in [-0.15, -0.1) is 0 Å². The molecule has 1 aromatic rings. The van der Waals surface area contributed by atoms with Gasteiger partial charge in [0.2, 0.25) is 11.8 Å². The molecule has 0 spiro atoms. The Labute approximate surface area is 134 Å². The summed E-state index contributed by atoms with van der Waals surface area (Å²) in [4.78, 5) is 30.3. The predicted octanol–water partition coefficient (Wildman–Crippen LogP) is -0.137. The van der Waals surface area contributed by atoms with Crippen molar-refractivity contribution in [2.75, 3.05) is 31.6 Å². The first-order valence-corrected chi connectivity index (χ1v) is 7.36. The van der Waals surface area contributed by atoms with Crippen molar-refractivity contribution in [3.63, 3.8) is 0 Å². The number of aromatic nitrogens is 2. The molecule has 128 valence electrons. The van der Waals surface area contributed by atoms with E-state index >= 15 is 0 Å². The van der Waals surface area contributed by atoms with Crippen LogP contribution in [0.2, 0.25) is 0 Å². The summed E-state index contributed by atoms with van der Waals surface area (Å²) < 4.78 is 5.39. The van der Waals surface area contributed by atoms with E-state index in [2.05, 4.69) is 15.3 Å². The van der Waals surface area contributed by atoms with Gasteiger partial charge < -0.3 is 25.8 Å². The highest BCUT2D eigenvalue weighted by atomic mass is 16.5. The lowest BCUT2D eigenvalue weighted by atomic mass is 10.1. The van der Waals surface area contributed by atoms with Gasteiger partial charge in [-0.3, -0.25) is 9.59 Å². The van der Waals surface area contributed by atoms with Gasteiger partial charge in [0.25, 0.3) is 12.4 Å². The Balaban J connectivity index is 0.000000816. The molecule has 1 aliphatic heterocycles. The molecule has 1 amide bonds. The van der Waals surface area contributed by atoms with Crippen molar-refractivity contribution in [2.45, 2.75) is 25.8 Å². The topological polar surface area (TPSA) is 131 Å². The van der Waals surface area contributed by atoms with Gasteiger partial charge >= 0.3 is 0 Å². The highest BCUT2D eigenvalue weighted by Gasteiger charge is 2.22. The number of amides is 1. The second-order valence-electron chi connectivity index (χ2n) is 4.88. The molecule has 1 saturated heterocycles. The minimum Gasteiger partial charge on any atom is -0.483 e. The molecule has 2 heterocycles. The number of rotatable bonds is 5. The lowest BCUT2D eigenvalue weighted by molar-refractivity contribution is -0.122. The summed E-state index contributed by atoms with van der Waals surface area (Å²) in [5.74, 6) is 0.237. The van der Waals surface area contributed by atoms with Crippen molar-refractivity contribution >= 4 is 18.3 Å². The molecule has 0 radical (unpaired) electrons. The number of primary amides is 1. The minimum absolute atomic E-state index is 0.217. The van der Waals surface area contributed by atoms with E-state index < -0.39 is 5.91 Å². The van der Waals surface area contributed by atoms with Crippen molar-refractivity contribution in [1.82, 2.24) is 15.3 Å². The quantitative estimate of drug-likeness (QED) is 0.638. The van der Waals surface area contributed by atoms with E-state index in [1.165, 1.54) is 6.20 Å². The summed E-state index contributed by atoms with van der Waals surface area (Å²) in [5, 5.41) is 10.2. The third kappa shape index (κ3) is 5.37. The van der Waals surface area contributed by atoms with Crippen LogP contribution in [0.1, 0.15) is 30.1 Å². The zero-order valence-electron chi connectivity index (χ0n) is 13.4. The van der Waals surface area contributed by atoms with Gasteiger partial charge in [0.05, 0.1) is 6.61 Å². The Morgan fingerprint density at radius 1 is 1.57 bits per heavy atom. The molecule has 0 bridgehead atoms. The molecule has 1 aromatic heterocycles. The van der Waals surface area contributed by atoms with Crippen LogP contribution in [-0.4, -0.2) is 60.2 Å². The van der Waals surface area contributed by atoms with E-state index in [9.17, 15) is 4.79 Å². The monoisotopic (exact) mass is 325 g/mol. The number of nitrogens with one attached hydrogen (secondary N) is 1. The van der Waals surface area contributed by atoms with Crippen LogP contribution in [0, 0.1) is 0 Å². The number of nitrogens with two attached hydrogens (primary N) is 1. The number of nitrogens with zero attached hydrogens (tertiary/aromatic N) is 3. The minimum atomic E-state index is -0.579. The highest BCUT2D eigenvalue weighted by Crippen LogP contribution is 2.21. The molecule has 9 nitrogen and oxygen atoms in total. The second kappa shape index (κ2) is 9.57. The maximum absolute atomic E-state index is 11.3. The van der Waals surface area contributed by atoms with E-state index in [1.807, 2.05) is 18.9 Å². The molecule has 1 aliphatic rings. The summed E-state index contributed by atoms with van der Waals surface area (Å²) in [6.45, 7) is 4.00. The van der Waals surface area contributed by atoms with Crippen LogP contribution in [0.15, 0.2) is 6.20 Å². The van der Waals surface area contributed by atoms with Crippen LogP contribution >= 0.6 is 0 Å². The molecule has 0 aromatic carbocycles.